The molecule has 1 unspecified atom stereocenters. The maximum Gasteiger partial charge on any atom is 0.313 e. The first kappa shape index (κ1) is 18.3. The molecule has 0 bridgehead atoms. The zero-order valence-electron chi connectivity index (χ0n) is 14.3. The Kier molecular flexibility index (Phi) is 6.02. The first-order chi connectivity index (χ1) is 12.0. The molecule has 0 spiro atoms. The van der Waals surface area contributed by atoms with Gasteiger partial charge >= 0.3 is 11.8 Å². The van der Waals surface area contributed by atoms with E-state index < -0.39 is 17.9 Å². The van der Waals surface area contributed by atoms with Crippen LogP contribution in [0.1, 0.15) is 11.8 Å². The lowest BCUT2D eigenvalue weighted by atomic mass is 10.2. The normalized spacial score (nSPS) is 11.5. The Morgan fingerprint density at radius 3 is 2.48 bits per heavy atom. The van der Waals surface area contributed by atoms with E-state index in [2.05, 4.69) is 10.6 Å². The molecule has 2 aromatic rings. The summed E-state index contributed by atoms with van der Waals surface area (Å²) < 4.78 is 12.0. The van der Waals surface area contributed by atoms with Gasteiger partial charge in [-0.15, -0.1) is 0 Å². The molecule has 0 aliphatic rings. The van der Waals surface area contributed by atoms with Crippen LogP contribution in [0, 0.1) is 0 Å². The van der Waals surface area contributed by atoms with Crippen LogP contribution >= 0.6 is 0 Å². The molecule has 0 radical (unpaired) electrons. The largest absolute Gasteiger partial charge is 0.493 e. The molecule has 0 aliphatic carbocycles. The van der Waals surface area contributed by atoms with Crippen LogP contribution in [0.2, 0.25) is 0 Å². The van der Waals surface area contributed by atoms with Gasteiger partial charge in [0, 0.05) is 37.2 Å². The number of aryl methyl sites for hydroxylation is 1. The number of rotatable bonds is 6. The molecule has 134 valence electrons. The number of anilines is 1. The Morgan fingerprint density at radius 1 is 1.16 bits per heavy atom. The van der Waals surface area contributed by atoms with Gasteiger partial charge in [-0.1, -0.05) is 0 Å². The fourth-order valence-electron chi connectivity index (χ4n) is 2.30. The van der Waals surface area contributed by atoms with Crippen molar-refractivity contribution in [2.45, 2.75) is 6.10 Å². The van der Waals surface area contributed by atoms with Gasteiger partial charge in [0.15, 0.2) is 11.5 Å². The summed E-state index contributed by atoms with van der Waals surface area (Å²) in [7, 11) is 4.76. The van der Waals surface area contributed by atoms with Gasteiger partial charge in [0.25, 0.3) is 0 Å². The molecule has 1 atom stereocenters. The predicted molar refractivity (Wildman–Crippen MR) is 91.6 cm³/mol. The number of hydrogen-bond acceptors (Lipinski definition) is 5. The van der Waals surface area contributed by atoms with Crippen LogP contribution in [0.15, 0.2) is 36.5 Å². The number of carbonyl (C=O) groups excluding carboxylic acids is 2. The third-order valence-corrected chi connectivity index (χ3v) is 3.63. The van der Waals surface area contributed by atoms with Crippen molar-refractivity contribution in [3.63, 3.8) is 0 Å². The van der Waals surface area contributed by atoms with Gasteiger partial charge in [-0.05, 0) is 24.3 Å². The quantitative estimate of drug-likeness (QED) is 0.672. The molecule has 0 saturated carbocycles. The zero-order chi connectivity index (χ0) is 18.4. The monoisotopic (exact) mass is 347 g/mol. The molecule has 0 fully saturated rings. The van der Waals surface area contributed by atoms with E-state index in [0.717, 1.165) is 0 Å². The highest BCUT2D eigenvalue weighted by Crippen LogP contribution is 2.29. The van der Waals surface area contributed by atoms with E-state index in [1.807, 2.05) is 0 Å². The summed E-state index contributed by atoms with van der Waals surface area (Å²) in [5.41, 5.74) is 1.03. The van der Waals surface area contributed by atoms with E-state index in [9.17, 15) is 14.7 Å². The van der Waals surface area contributed by atoms with E-state index >= 15 is 0 Å². The van der Waals surface area contributed by atoms with Crippen molar-refractivity contribution in [1.29, 1.82) is 0 Å². The summed E-state index contributed by atoms with van der Waals surface area (Å²) in [6.07, 6.45) is 0.877. The lowest BCUT2D eigenvalue weighted by Gasteiger charge is -2.13. The number of aromatic nitrogens is 1. The first-order valence-electron chi connectivity index (χ1n) is 7.56. The van der Waals surface area contributed by atoms with Crippen molar-refractivity contribution in [3.8, 4) is 11.5 Å². The van der Waals surface area contributed by atoms with Crippen LogP contribution < -0.4 is 20.1 Å². The highest BCUT2D eigenvalue weighted by atomic mass is 16.5. The predicted octanol–water partition coefficient (Wildman–Crippen LogP) is 0.831. The van der Waals surface area contributed by atoms with Crippen LogP contribution in [0.4, 0.5) is 5.69 Å². The second-order valence-electron chi connectivity index (χ2n) is 5.29. The molecule has 3 N–H and O–H groups in total. The summed E-state index contributed by atoms with van der Waals surface area (Å²) in [6, 6.07) is 8.27. The SMILES string of the molecule is COc1ccc(NC(=O)C(=O)NCC(O)c2cccn2C)cc1OC. The van der Waals surface area contributed by atoms with E-state index in [-0.39, 0.29) is 6.54 Å². The summed E-state index contributed by atoms with van der Waals surface area (Å²) >= 11 is 0. The average molecular weight is 347 g/mol. The highest BCUT2D eigenvalue weighted by molar-refractivity contribution is 6.39. The van der Waals surface area contributed by atoms with Crippen LogP contribution in [-0.2, 0) is 16.6 Å². The number of nitrogens with one attached hydrogen (secondary N) is 2. The molecule has 2 rings (SSSR count). The topological polar surface area (TPSA) is 102 Å². The molecule has 1 aromatic carbocycles. The van der Waals surface area contributed by atoms with Gasteiger partial charge in [-0.3, -0.25) is 9.59 Å². The lowest BCUT2D eigenvalue weighted by Crippen LogP contribution is -2.37. The zero-order valence-corrected chi connectivity index (χ0v) is 14.3. The van der Waals surface area contributed by atoms with Gasteiger partial charge in [-0.2, -0.15) is 0 Å². The smallest absolute Gasteiger partial charge is 0.313 e. The Hall–Kier alpha value is -3.00. The van der Waals surface area contributed by atoms with Crippen molar-refractivity contribution in [3.05, 3.63) is 42.2 Å². The van der Waals surface area contributed by atoms with E-state index in [1.54, 1.807) is 48.1 Å². The van der Waals surface area contributed by atoms with Crippen molar-refractivity contribution >= 4 is 17.5 Å². The van der Waals surface area contributed by atoms with Gasteiger partial charge in [0.1, 0.15) is 6.10 Å². The Labute approximate surface area is 145 Å². The number of aliphatic hydroxyl groups excluding tert-OH is 1. The fourth-order valence-corrected chi connectivity index (χ4v) is 2.30. The van der Waals surface area contributed by atoms with Crippen molar-refractivity contribution in [2.24, 2.45) is 7.05 Å². The van der Waals surface area contributed by atoms with Gasteiger partial charge in [0.05, 0.1) is 14.2 Å². The second-order valence-corrected chi connectivity index (χ2v) is 5.29. The summed E-state index contributed by atoms with van der Waals surface area (Å²) in [5.74, 6) is -0.746. The van der Waals surface area contributed by atoms with Crippen LogP contribution in [-0.4, -0.2) is 42.3 Å². The molecular weight excluding hydrogens is 326 g/mol. The molecule has 8 nitrogen and oxygen atoms in total. The number of aliphatic hydroxyl groups is 1. The summed E-state index contributed by atoms with van der Waals surface area (Å²) in [5, 5.41) is 14.9. The third kappa shape index (κ3) is 4.51. The second kappa shape index (κ2) is 8.20. The van der Waals surface area contributed by atoms with Crippen molar-refractivity contribution < 1.29 is 24.2 Å². The van der Waals surface area contributed by atoms with E-state index in [1.165, 1.54) is 14.2 Å². The number of benzene rings is 1. The first-order valence-corrected chi connectivity index (χ1v) is 7.56. The summed E-state index contributed by atoms with van der Waals surface area (Å²) in [6.45, 7) is -0.0734. The third-order valence-electron chi connectivity index (χ3n) is 3.63. The number of methoxy groups -OCH3 is 2. The van der Waals surface area contributed by atoms with Crippen LogP contribution in [0.3, 0.4) is 0 Å². The molecule has 0 saturated heterocycles. The Morgan fingerprint density at radius 2 is 1.88 bits per heavy atom. The fraction of sp³-hybridized carbons (Fsp3) is 0.294. The maximum absolute atomic E-state index is 12.0. The van der Waals surface area contributed by atoms with Crippen LogP contribution in [0.5, 0.6) is 11.5 Å². The number of amides is 2. The molecule has 2 amide bonds. The molecular formula is C17H21N3O5. The van der Waals surface area contributed by atoms with Gasteiger partial charge < -0.3 is 29.8 Å². The van der Waals surface area contributed by atoms with Gasteiger partial charge in [0.2, 0.25) is 0 Å². The number of carbonyl (C=O) groups is 2. The maximum atomic E-state index is 12.0. The van der Waals surface area contributed by atoms with Crippen molar-refractivity contribution in [2.75, 3.05) is 26.1 Å². The minimum Gasteiger partial charge on any atom is -0.493 e. The average Bonchev–Trinajstić information content (AvgIpc) is 3.05. The number of nitrogens with zero attached hydrogens (tertiary/aromatic N) is 1. The highest BCUT2D eigenvalue weighted by Gasteiger charge is 2.17. The van der Waals surface area contributed by atoms with E-state index in [0.29, 0.717) is 22.9 Å². The molecule has 1 heterocycles. The minimum absolute atomic E-state index is 0.0734. The Balaban J connectivity index is 1.92. The van der Waals surface area contributed by atoms with Gasteiger partial charge in [-0.25, -0.2) is 0 Å². The molecule has 0 aliphatic heterocycles. The minimum atomic E-state index is -0.905. The standard InChI is InChI=1S/C17H21N3O5/c1-20-8-4-5-12(20)13(21)10-18-16(22)17(23)19-11-6-7-14(24-2)15(9-11)25-3/h4-9,13,21H,10H2,1-3H3,(H,18,22)(H,19,23). The number of hydrogen-bond donors (Lipinski definition) is 3. The molecule has 1 aromatic heterocycles. The van der Waals surface area contributed by atoms with Crippen molar-refractivity contribution in [1.82, 2.24) is 9.88 Å². The summed E-state index contributed by atoms with van der Waals surface area (Å²) in [4.78, 5) is 23.8. The number of ether oxygens (including phenoxy) is 2. The Bertz CT molecular complexity index is 756. The molecule has 8 heteroatoms. The lowest BCUT2D eigenvalue weighted by molar-refractivity contribution is -0.136. The van der Waals surface area contributed by atoms with Crippen LogP contribution in [0.25, 0.3) is 0 Å². The molecule has 25 heavy (non-hydrogen) atoms. The van der Waals surface area contributed by atoms with E-state index in [4.69, 9.17) is 9.47 Å².